The summed E-state index contributed by atoms with van der Waals surface area (Å²) in [6.07, 6.45) is 1.82. The van der Waals surface area contributed by atoms with E-state index in [4.69, 9.17) is 17.0 Å². The van der Waals surface area contributed by atoms with Crippen LogP contribution in [0.1, 0.15) is 11.1 Å². The Morgan fingerprint density at radius 3 is 2.64 bits per heavy atom. The first-order valence-corrected chi connectivity index (χ1v) is 11.5. The van der Waals surface area contributed by atoms with E-state index in [0.717, 1.165) is 16.9 Å². The van der Waals surface area contributed by atoms with Crippen LogP contribution in [0.25, 0.3) is 6.08 Å². The number of amides is 1. The molecule has 1 aliphatic rings. The molecule has 0 aromatic heterocycles. The molecule has 1 aliphatic heterocycles. The number of ether oxygens (including phenoxy) is 1. The third-order valence-electron chi connectivity index (χ3n) is 2.74. The van der Waals surface area contributed by atoms with E-state index in [1.165, 1.54) is 11.8 Å². The highest BCUT2D eigenvalue weighted by atomic mass is 32.2. The second kappa shape index (κ2) is 6.69. The molecule has 1 aromatic rings. The molecule has 0 aliphatic carbocycles. The van der Waals surface area contributed by atoms with Gasteiger partial charge in [0.05, 0.1) is 17.6 Å². The Labute approximate surface area is 141 Å². The highest BCUT2D eigenvalue weighted by molar-refractivity contribution is 8.26. The molecule has 0 bridgehead atoms. The smallest absolute Gasteiger partial charge is 0.263 e. The number of hydrogen-bond donors (Lipinski definition) is 1. The molecular weight excluding hydrogens is 330 g/mol. The van der Waals surface area contributed by atoms with E-state index < -0.39 is 8.07 Å². The SMILES string of the molecule is COc1ccc(/C=C2\SC(=S)NC2=O)cc1C#C[Si](C)(C)C. The molecule has 1 heterocycles. The summed E-state index contributed by atoms with van der Waals surface area (Å²) in [5, 5.41) is 2.61. The Kier molecular flexibility index (Phi) is 5.11. The van der Waals surface area contributed by atoms with Gasteiger partial charge in [0.15, 0.2) is 0 Å². The van der Waals surface area contributed by atoms with Crippen molar-refractivity contribution in [3.63, 3.8) is 0 Å². The molecule has 2 rings (SSSR count). The molecule has 0 unspecified atom stereocenters. The Morgan fingerprint density at radius 2 is 2.09 bits per heavy atom. The quantitative estimate of drug-likeness (QED) is 0.385. The van der Waals surface area contributed by atoms with E-state index in [9.17, 15) is 4.79 Å². The lowest BCUT2D eigenvalue weighted by atomic mass is 10.1. The highest BCUT2D eigenvalue weighted by Crippen LogP contribution is 2.27. The van der Waals surface area contributed by atoms with Crippen molar-refractivity contribution in [2.24, 2.45) is 0 Å². The number of carbonyl (C=O) groups excluding carboxylic acids is 1. The van der Waals surface area contributed by atoms with E-state index in [1.54, 1.807) is 7.11 Å². The lowest BCUT2D eigenvalue weighted by Gasteiger charge is -2.07. The van der Waals surface area contributed by atoms with Crippen molar-refractivity contribution in [3.8, 4) is 17.2 Å². The van der Waals surface area contributed by atoms with E-state index in [1.807, 2.05) is 24.3 Å². The normalized spacial score (nSPS) is 16.3. The van der Waals surface area contributed by atoms with Crippen LogP contribution < -0.4 is 10.1 Å². The monoisotopic (exact) mass is 347 g/mol. The van der Waals surface area contributed by atoms with E-state index >= 15 is 0 Å². The van der Waals surface area contributed by atoms with Crippen LogP contribution in [0.5, 0.6) is 5.75 Å². The number of nitrogens with one attached hydrogen (secondary N) is 1. The van der Waals surface area contributed by atoms with E-state index in [2.05, 4.69) is 36.4 Å². The molecule has 1 N–H and O–H groups in total. The Morgan fingerprint density at radius 1 is 1.36 bits per heavy atom. The number of hydrogen-bond acceptors (Lipinski definition) is 4. The average Bonchev–Trinajstić information content (AvgIpc) is 2.74. The minimum absolute atomic E-state index is 0.152. The molecule has 0 spiro atoms. The predicted molar refractivity (Wildman–Crippen MR) is 99.5 cm³/mol. The molecule has 1 aromatic carbocycles. The second-order valence-electron chi connectivity index (χ2n) is 5.81. The van der Waals surface area contributed by atoms with Crippen LogP contribution in [0, 0.1) is 11.5 Å². The summed E-state index contributed by atoms with van der Waals surface area (Å²) < 4.78 is 5.85. The Bertz CT molecular complexity index is 724. The maximum atomic E-state index is 11.7. The molecule has 0 radical (unpaired) electrons. The van der Waals surface area contributed by atoms with Crippen LogP contribution in [0.4, 0.5) is 0 Å². The van der Waals surface area contributed by atoms with Gasteiger partial charge in [-0.15, -0.1) is 5.54 Å². The zero-order valence-electron chi connectivity index (χ0n) is 12.9. The van der Waals surface area contributed by atoms with Gasteiger partial charge < -0.3 is 10.1 Å². The average molecular weight is 348 g/mol. The second-order valence-corrected chi connectivity index (χ2v) is 12.3. The summed E-state index contributed by atoms with van der Waals surface area (Å²) >= 11 is 6.26. The Hall–Kier alpha value is -1.55. The first-order chi connectivity index (χ1) is 10.3. The minimum atomic E-state index is -1.47. The number of thiocarbonyl (C=S) groups is 1. The van der Waals surface area contributed by atoms with Gasteiger partial charge in [-0.25, -0.2) is 0 Å². The molecule has 22 heavy (non-hydrogen) atoms. The zero-order valence-corrected chi connectivity index (χ0v) is 15.6. The maximum absolute atomic E-state index is 11.7. The standard InChI is InChI=1S/C16H17NO2S2Si/c1-19-13-6-5-11(9-12(13)7-8-22(2,3)4)10-14-15(18)17-16(20)21-14/h5-6,9-10H,1-4H3,(H,17,18,20)/b14-10-. The van der Waals surface area contributed by atoms with Crippen LogP contribution in [0.2, 0.25) is 19.6 Å². The van der Waals surface area contributed by atoms with Crippen LogP contribution in [-0.2, 0) is 4.79 Å². The molecular formula is C16H17NO2S2Si. The fourth-order valence-electron chi connectivity index (χ4n) is 1.74. The fourth-order valence-corrected chi connectivity index (χ4v) is 3.29. The first-order valence-electron chi connectivity index (χ1n) is 6.74. The summed E-state index contributed by atoms with van der Waals surface area (Å²) in [7, 11) is 0.164. The molecule has 1 saturated heterocycles. The van der Waals surface area contributed by atoms with E-state index in [0.29, 0.717) is 9.23 Å². The summed E-state index contributed by atoms with van der Waals surface area (Å²) in [5.41, 5.74) is 5.08. The van der Waals surface area contributed by atoms with Gasteiger partial charge in [0.2, 0.25) is 0 Å². The zero-order chi connectivity index (χ0) is 16.3. The third kappa shape index (κ3) is 4.47. The van der Waals surface area contributed by atoms with E-state index in [-0.39, 0.29) is 5.91 Å². The minimum Gasteiger partial charge on any atom is -0.495 e. The van der Waals surface area contributed by atoms with Gasteiger partial charge in [-0.05, 0) is 23.8 Å². The van der Waals surface area contributed by atoms with Crippen LogP contribution in [0.3, 0.4) is 0 Å². The molecule has 1 fully saturated rings. The topological polar surface area (TPSA) is 38.3 Å². The molecule has 0 atom stereocenters. The van der Waals surface area contributed by atoms with Crippen molar-refractivity contribution < 1.29 is 9.53 Å². The van der Waals surface area contributed by atoms with Gasteiger partial charge in [-0.1, -0.05) is 55.6 Å². The summed E-state index contributed by atoms with van der Waals surface area (Å²) in [6.45, 7) is 6.58. The van der Waals surface area contributed by atoms with Crippen molar-refractivity contribution in [1.82, 2.24) is 5.32 Å². The van der Waals surface area contributed by atoms with Gasteiger partial charge in [-0.2, -0.15) is 0 Å². The lowest BCUT2D eigenvalue weighted by Crippen LogP contribution is -2.17. The first kappa shape index (κ1) is 16.8. The highest BCUT2D eigenvalue weighted by Gasteiger charge is 2.22. The van der Waals surface area contributed by atoms with Crippen LogP contribution in [-0.4, -0.2) is 25.4 Å². The number of rotatable bonds is 2. The Balaban J connectivity index is 2.39. The molecule has 3 nitrogen and oxygen atoms in total. The van der Waals surface area contributed by atoms with Crippen molar-refractivity contribution in [2.75, 3.05) is 7.11 Å². The van der Waals surface area contributed by atoms with Gasteiger partial charge in [0.25, 0.3) is 5.91 Å². The number of carbonyl (C=O) groups is 1. The van der Waals surface area contributed by atoms with Crippen molar-refractivity contribution in [3.05, 3.63) is 34.2 Å². The lowest BCUT2D eigenvalue weighted by molar-refractivity contribution is -0.115. The fraction of sp³-hybridized carbons (Fsp3) is 0.250. The number of methoxy groups -OCH3 is 1. The van der Waals surface area contributed by atoms with Crippen LogP contribution in [0.15, 0.2) is 23.1 Å². The van der Waals surface area contributed by atoms with Crippen LogP contribution >= 0.6 is 24.0 Å². The number of benzene rings is 1. The largest absolute Gasteiger partial charge is 0.495 e. The predicted octanol–water partition coefficient (Wildman–Crippen LogP) is 3.41. The maximum Gasteiger partial charge on any atom is 0.263 e. The summed E-state index contributed by atoms with van der Waals surface area (Å²) in [4.78, 5) is 12.3. The summed E-state index contributed by atoms with van der Waals surface area (Å²) in [5.74, 6) is 3.80. The van der Waals surface area contributed by atoms with Crippen molar-refractivity contribution in [2.45, 2.75) is 19.6 Å². The van der Waals surface area contributed by atoms with Crippen molar-refractivity contribution in [1.29, 1.82) is 0 Å². The van der Waals surface area contributed by atoms with Gasteiger partial charge in [0.1, 0.15) is 18.1 Å². The number of thioether (sulfide) groups is 1. The third-order valence-corrected chi connectivity index (χ3v) is 4.77. The molecule has 114 valence electrons. The van der Waals surface area contributed by atoms with Gasteiger partial charge in [-0.3, -0.25) is 4.79 Å². The molecule has 0 saturated carbocycles. The van der Waals surface area contributed by atoms with Gasteiger partial charge >= 0.3 is 0 Å². The molecule has 1 amide bonds. The molecule has 6 heteroatoms. The van der Waals surface area contributed by atoms with Gasteiger partial charge in [0, 0.05) is 0 Å². The summed E-state index contributed by atoms with van der Waals surface area (Å²) in [6, 6.07) is 5.71. The van der Waals surface area contributed by atoms with Crippen molar-refractivity contribution >= 4 is 48.4 Å².